The molecular weight excluding hydrogens is 234 g/mol. The van der Waals surface area contributed by atoms with Crippen LogP contribution in [0, 0.1) is 0 Å². The van der Waals surface area contributed by atoms with Gasteiger partial charge in [0.1, 0.15) is 5.01 Å². The van der Waals surface area contributed by atoms with Gasteiger partial charge in [-0.3, -0.25) is 10.1 Å². The Hall–Kier alpha value is -0.940. The first kappa shape index (κ1) is 12.5. The molecule has 5 heteroatoms. The van der Waals surface area contributed by atoms with E-state index >= 15 is 0 Å². The van der Waals surface area contributed by atoms with Crippen molar-refractivity contribution in [2.75, 3.05) is 19.6 Å². The number of carbonyl (C=O) groups is 1. The summed E-state index contributed by atoms with van der Waals surface area (Å²) in [5, 5.41) is 6.35. The van der Waals surface area contributed by atoms with E-state index < -0.39 is 0 Å². The van der Waals surface area contributed by atoms with Crippen molar-refractivity contribution in [2.24, 2.45) is 0 Å². The van der Waals surface area contributed by atoms with Gasteiger partial charge in [0.25, 0.3) is 0 Å². The fourth-order valence-corrected chi connectivity index (χ4v) is 2.90. The van der Waals surface area contributed by atoms with Gasteiger partial charge in [0.2, 0.25) is 5.91 Å². The number of nitrogens with zero attached hydrogens (tertiary/aromatic N) is 2. The van der Waals surface area contributed by atoms with Crippen molar-refractivity contribution < 1.29 is 4.79 Å². The van der Waals surface area contributed by atoms with Gasteiger partial charge < -0.3 is 4.90 Å². The SMILES string of the molecule is CCC(NCC(=O)N1CCCC1)c1nccs1. The molecule has 0 aromatic carbocycles. The molecular formula is C12H19N3OS. The molecule has 2 rings (SSSR count). The summed E-state index contributed by atoms with van der Waals surface area (Å²) in [6, 6.07) is 0.210. The van der Waals surface area contributed by atoms with E-state index in [0.29, 0.717) is 6.54 Å². The lowest BCUT2D eigenvalue weighted by Gasteiger charge is -2.18. The maximum atomic E-state index is 11.9. The highest BCUT2D eigenvalue weighted by Gasteiger charge is 2.19. The smallest absolute Gasteiger partial charge is 0.236 e. The maximum Gasteiger partial charge on any atom is 0.236 e. The van der Waals surface area contributed by atoms with Crippen LogP contribution in [0.15, 0.2) is 11.6 Å². The highest BCUT2D eigenvalue weighted by atomic mass is 32.1. The predicted molar refractivity (Wildman–Crippen MR) is 69.0 cm³/mol. The van der Waals surface area contributed by atoms with Gasteiger partial charge in [0.05, 0.1) is 12.6 Å². The Morgan fingerprint density at radius 2 is 2.35 bits per heavy atom. The standard InChI is InChI=1S/C12H19N3OS/c1-2-10(12-13-5-8-17-12)14-9-11(16)15-6-3-4-7-15/h5,8,10,14H,2-4,6-7,9H2,1H3. The molecule has 0 spiro atoms. The second kappa shape index (κ2) is 6.12. The van der Waals surface area contributed by atoms with Crippen LogP contribution in [-0.2, 0) is 4.79 Å². The normalized spacial score (nSPS) is 17.4. The largest absolute Gasteiger partial charge is 0.342 e. The number of likely N-dealkylation sites (tertiary alicyclic amines) is 1. The topological polar surface area (TPSA) is 45.2 Å². The number of carbonyl (C=O) groups excluding carboxylic acids is 1. The minimum absolute atomic E-state index is 0.210. The van der Waals surface area contributed by atoms with Crippen LogP contribution in [-0.4, -0.2) is 35.4 Å². The molecule has 94 valence electrons. The molecule has 1 aromatic heterocycles. The van der Waals surface area contributed by atoms with Crippen LogP contribution in [0.1, 0.15) is 37.2 Å². The molecule has 1 aliphatic heterocycles. The van der Waals surface area contributed by atoms with E-state index in [1.165, 1.54) is 0 Å². The number of hydrogen-bond acceptors (Lipinski definition) is 4. The zero-order chi connectivity index (χ0) is 12.1. The van der Waals surface area contributed by atoms with Crippen LogP contribution >= 0.6 is 11.3 Å². The number of thiazole rings is 1. The number of hydrogen-bond donors (Lipinski definition) is 1. The fraction of sp³-hybridized carbons (Fsp3) is 0.667. The molecule has 1 aliphatic rings. The summed E-state index contributed by atoms with van der Waals surface area (Å²) in [5.74, 6) is 0.220. The van der Waals surface area contributed by atoms with Crippen LogP contribution in [0.3, 0.4) is 0 Å². The van der Waals surface area contributed by atoms with E-state index in [1.807, 2.05) is 16.5 Å². The number of amides is 1. The molecule has 17 heavy (non-hydrogen) atoms. The van der Waals surface area contributed by atoms with Gasteiger partial charge in [-0.1, -0.05) is 6.92 Å². The third-order valence-electron chi connectivity index (χ3n) is 3.12. The van der Waals surface area contributed by atoms with Crippen LogP contribution in [0.5, 0.6) is 0 Å². The Labute approximate surface area is 106 Å². The summed E-state index contributed by atoms with van der Waals surface area (Å²) < 4.78 is 0. The lowest BCUT2D eigenvalue weighted by molar-refractivity contribution is -0.129. The van der Waals surface area contributed by atoms with Crippen molar-refractivity contribution >= 4 is 17.2 Å². The summed E-state index contributed by atoms with van der Waals surface area (Å²) >= 11 is 1.64. The molecule has 1 saturated heterocycles. The Kier molecular flexibility index (Phi) is 4.50. The Bertz CT molecular complexity index is 347. The fourth-order valence-electron chi connectivity index (χ4n) is 2.10. The van der Waals surface area contributed by atoms with Crippen LogP contribution in [0.4, 0.5) is 0 Å². The van der Waals surface area contributed by atoms with Crippen molar-refractivity contribution in [3.63, 3.8) is 0 Å². The molecule has 4 nitrogen and oxygen atoms in total. The maximum absolute atomic E-state index is 11.9. The van der Waals surface area contributed by atoms with Gasteiger partial charge >= 0.3 is 0 Å². The first-order chi connectivity index (χ1) is 8.31. The van der Waals surface area contributed by atoms with Crippen LogP contribution in [0.25, 0.3) is 0 Å². The highest BCUT2D eigenvalue weighted by molar-refractivity contribution is 7.09. The summed E-state index contributed by atoms with van der Waals surface area (Å²) in [7, 11) is 0. The van der Waals surface area contributed by atoms with Gasteiger partial charge in [-0.05, 0) is 19.3 Å². The van der Waals surface area contributed by atoms with Crippen molar-refractivity contribution in [2.45, 2.75) is 32.2 Å². The second-order valence-corrected chi connectivity index (χ2v) is 5.23. The van der Waals surface area contributed by atoms with Crippen molar-refractivity contribution in [1.82, 2.24) is 15.2 Å². The third-order valence-corrected chi connectivity index (χ3v) is 4.01. The molecule has 0 aliphatic carbocycles. The minimum Gasteiger partial charge on any atom is -0.342 e. The van der Waals surface area contributed by atoms with E-state index in [-0.39, 0.29) is 11.9 Å². The molecule has 1 atom stereocenters. The molecule has 0 bridgehead atoms. The van der Waals surface area contributed by atoms with Crippen molar-refractivity contribution in [3.8, 4) is 0 Å². The quantitative estimate of drug-likeness (QED) is 0.870. The Balaban J connectivity index is 1.81. The zero-order valence-corrected chi connectivity index (χ0v) is 11.0. The summed E-state index contributed by atoms with van der Waals surface area (Å²) in [6.45, 7) is 4.39. The molecule has 1 aromatic rings. The first-order valence-corrected chi connectivity index (χ1v) is 7.09. The van der Waals surface area contributed by atoms with Crippen molar-refractivity contribution in [1.29, 1.82) is 0 Å². The van der Waals surface area contributed by atoms with Gasteiger partial charge in [-0.2, -0.15) is 0 Å². The monoisotopic (exact) mass is 253 g/mol. The number of rotatable bonds is 5. The molecule has 1 unspecified atom stereocenters. The van der Waals surface area contributed by atoms with Gasteiger partial charge in [-0.15, -0.1) is 11.3 Å². The summed E-state index contributed by atoms with van der Waals surface area (Å²) in [4.78, 5) is 18.1. The van der Waals surface area contributed by atoms with Gasteiger partial charge in [0.15, 0.2) is 0 Å². The van der Waals surface area contributed by atoms with Crippen molar-refractivity contribution in [3.05, 3.63) is 16.6 Å². The van der Waals surface area contributed by atoms with Gasteiger partial charge in [0, 0.05) is 24.7 Å². The molecule has 0 radical (unpaired) electrons. The highest BCUT2D eigenvalue weighted by Crippen LogP contribution is 2.18. The number of nitrogens with one attached hydrogen (secondary N) is 1. The van der Waals surface area contributed by atoms with Crippen LogP contribution in [0.2, 0.25) is 0 Å². The van der Waals surface area contributed by atoms with E-state index in [0.717, 1.165) is 37.4 Å². The Morgan fingerprint density at radius 3 is 2.94 bits per heavy atom. The molecule has 2 heterocycles. The summed E-state index contributed by atoms with van der Waals surface area (Å²) in [6.07, 6.45) is 5.07. The third kappa shape index (κ3) is 3.26. The van der Waals surface area contributed by atoms with Crippen LogP contribution < -0.4 is 5.32 Å². The predicted octanol–water partition coefficient (Wildman–Crippen LogP) is 1.81. The molecule has 1 fully saturated rings. The molecule has 0 saturated carbocycles. The van der Waals surface area contributed by atoms with E-state index in [2.05, 4.69) is 17.2 Å². The second-order valence-electron chi connectivity index (χ2n) is 4.30. The lowest BCUT2D eigenvalue weighted by atomic mass is 10.2. The van der Waals surface area contributed by atoms with E-state index in [1.54, 1.807) is 11.3 Å². The number of aromatic nitrogens is 1. The first-order valence-electron chi connectivity index (χ1n) is 6.21. The Morgan fingerprint density at radius 1 is 1.59 bits per heavy atom. The zero-order valence-electron chi connectivity index (χ0n) is 10.2. The minimum atomic E-state index is 0.210. The van der Waals surface area contributed by atoms with E-state index in [9.17, 15) is 4.79 Å². The molecule has 1 N–H and O–H groups in total. The lowest BCUT2D eigenvalue weighted by Crippen LogP contribution is -2.37. The average Bonchev–Trinajstić information content (AvgIpc) is 3.02. The van der Waals surface area contributed by atoms with E-state index in [4.69, 9.17) is 0 Å². The van der Waals surface area contributed by atoms with Gasteiger partial charge in [-0.25, -0.2) is 4.98 Å². The summed E-state index contributed by atoms with van der Waals surface area (Å²) in [5.41, 5.74) is 0. The molecule has 1 amide bonds. The average molecular weight is 253 g/mol.